The Labute approximate surface area is 185 Å². The first kappa shape index (κ1) is 23.0. The minimum Gasteiger partial charge on any atom is -0.496 e. The second-order valence-corrected chi connectivity index (χ2v) is 6.91. The topological polar surface area (TPSA) is 104 Å². The fourth-order valence-corrected chi connectivity index (χ4v) is 3.70. The molecule has 3 rings (SSSR count). The zero-order chi connectivity index (χ0) is 23.3. The predicted molar refractivity (Wildman–Crippen MR) is 118 cm³/mol. The first-order chi connectivity index (χ1) is 15.5. The molecule has 8 nitrogen and oxygen atoms in total. The summed E-state index contributed by atoms with van der Waals surface area (Å²) in [7, 11) is 4.31. The molecule has 0 spiro atoms. The zero-order valence-electron chi connectivity index (χ0n) is 18.2. The van der Waals surface area contributed by atoms with Gasteiger partial charge in [0.15, 0.2) is 12.0 Å². The van der Waals surface area contributed by atoms with Crippen LogP contribution in [0.1, 0.15) is 33.3 Å². The van der Waals surface area contributed by atoms with Crippen molar-refractivity contribution >= 4 is 28.5 Å². The molecule has 3 aromatic carbocycles. The number of isocyanates is 1. The van der Waals surface area contributed by atoms with Gasteiger partial charge in [-0.1, -0.05) is 30.3 Å². The maximum atomic E-state index is 12.0. The van der Waals surface area contributed by atoms with Crippen LogP contribution in [0.3, 0.4) is 0 Å². The summed E-state index contributed by atoms with van der Waals surface area (Å²) >= 11 is 0. The molecule has 0 saturated carbocycles. The Bertz CT molecular complexity index is 1180. The summed E-state index contributed by atoms with van der Waals surface area (Å²) in [5, 5.41) is 10.9. The normalized spacial score (nSPS) is 10.8. The van der Waals surface area contributed by atoms with Gasteiger partial charge in [-0.25, -0.2) is 9.59 Å². The second kappa shape index (κ2) is 10.1. The molecular weight excluding hydrogens is 414 g/mol. The Hall–Kier alpha value is -3.71. The maximum Gasteiger partial charge on any atom is 0.339 e. The first-order valence-corrected chi connectivity index (χ1v) is 9.68. The molecule has 0 aliphatic carbocycles. The molecule has 0 unspecified atom stereocenters. The fraction of sp³-hybridized carbons (Fsp3) is 0.250. The highest BCUT2D eigenvalue weighted by Crippen LogP contribution is 2.46. The molecule has 1 N–H and O–H groups in total. The average molecular weight is 437 g/mol. The molecule has 3 aromatic rings. The number of aromatic carboxylic acids is 1. The number of fused-ring (bicyclic) bond motifs is 1. The van der Waals surface area contributed by atoms with Crippen LogP contribution in [0.5, 0.6) is 11.5 Å². The van der Waals surface area contributed by atoms with E-state index in [4.69, 9.17) is 18.9 Å². The van der Waals surface area contributed by atoms with E-state index < -0.39 is 12.3 Å². The van der Waals surface area contributed by atoms with Gasteiger partial charge in [-0.2, -0.15) is 4.99 Å². The summed E-state index contributed by atoms with van der Waals surface area (Å²) in [6, 6.07) is 12.7. The number of ether oxygens (including phenoxy) is 4. The molecule has 0 aliphatic rings. The van der Waals surface area contributed by atoms with Crippen LogP contribution in [0.15, 0.2) is 47.5 Å². The van der Waals surface area contributed by atoms with Gasteiger partial charge >= 0.3 is 5.97 Å². The minimum atomic E-state index is -1.15. The third-order valence-electron chi connectivity index (χ3n) is 5.10. The Morgan fingerprint density at radius 3 is 2.38 bits per heavy atom. The van der Waals surface area contributed by atoms with E-state index in [1.807, 2.05) is 30.3 Å². The highest BCUT2D eigenvalue weighted by molar-refractivity contribution is 6.05. The SMILES string of the molecule is COc1cc2cc(C(OC)OC)c(N=C=O)c(OCc3ccccc3)c2c(C)c1C(=O)O. The molecule has 0 aromatic heterocycles. The van der Waals surface area contributed by atoms with Crippen molar-refractivity contribution in [1.82, 2.24) is 0 Å². The largest absolute Gasteiger partial charge is 0.496 e. The van der Waals surface area contributed by atoms with Crippen LogP contribution in [0.4, 0.5) is 5.69 Å². The number of benzene rings is 3. The van der Waals surface area contributed by atoms with Gasteiger partial charge in [0.2, 0.25) is 6.08 Å². The molecule has 0 aliphatic heterocycles. The van der Waals surface area contributed by atoms with Gasteiger partial charge in [0.25, 0.3) is 0 Å². The van der Waals surface area contributed by atoms with E-state index in [0.29, 0.717) is 21.9 Å². The smallest absolute Gasteiger partial charge is 0.339 e. The molecule has 0 fully saturated rings. The van der Waals surface area contributed by atoms with Crippen LogP contribution in [0.2, 0.25) is 0 Å². The van der Waals surface area contributed by atoms with Crippen molar-refractivity contribution in [2.24, 2.45) is 4.99 Å². The van der Waals surface area contributed by atoms with E-state index in [1.54, 1.807) is 25.1 Å². The second-order valence-electron chi connectivity index (χ2n) is 6.91. The molecule has 0 radical (unpaired) electrons. The van der Waals surface area contributed by atoms with Crippen LogP contribution >= 0.6 is 0 Å². The standard InChI is InChI=1S/C24H23NO7/c1-14-19-16(11-18(29-2)20(14)23(27)28)10-17(24(30-3)31-4)21(25-13-26)22(19)32-12-15-8-6-5-7-9-15/h5-11,24H,12H2,1-4H3,(H,27,28). The molecule has 0 heterocycles. The number of aliphatic imine (C=N–C) groups is 1. The van der Waals surface area contributed by atoms with Gasteiger partial charge in [-0.15, -0.1) is 0 Å². The van der Waals surface area contributed by atoms with Crippen molar-refractivity contribution in [2.75, 3.05) is 21.3 Å². The number of aryl methyl sites for hydroxylation is 1. The number of nitrogens with zero attached hydrogens (tertiary/aromatic N) is 1. The lowest BCUT2D eigenvalue weighted by Gasteiger charge is -2.22. The van der Waals surface area contributed by atoms with Gasteiger partial charge < -0.3 is 24.1 Å². The van der Waals surface area contributed by atoms with E-state index in [1.165, 1.54) is 21.3 Å². The third-order valence-corrected chi connectivity index (χ3v) is 5.10. The van der Waals surface area contributed by atoms with Crippen LogP contribution in [-0.4, -0.2) is 38.5 Å². The third kappa shape index (κ3) is 4.33. The van der Waals surface area contributed by atoms with Gasteiger partial charge in [0, 0.05) is 25.2 Å². The first-order valence-electron chi connectivity index (χ1n) is 9.68. The van der Waals surface area contributed by atoms with Crippen molar-refractivity contribution in [3.63, 3.8) is 0 Å². The number of carbonyl (C=O) groups excluding carboxylic acids is 1. The fourth-order valence-electron chi connectivity index (χ4n) is 3.70. The van der Waals surface area contributed by atoms with Crippen LogP contribution in [0, 0.1) is 6.92 Å². The van der Waals surface area contributed by atoms with Crippen molar-refractivity contribution in [3.8, 4) is 11.5 Å². The lowest BCUT2D eigenvalue weighted by atomic mass is 9.95. The molecule has 166 valence electrons. The average Bonchev–Trinajstić information content (AvgIpc) is 2.79. The number of hydrogen-bond acceptors (Lipinski definition) is 7. The minimum absolute atomic E-state index is 0.00613. The summed E-state index contributed by atoms with van der Waals surface area (Å²) in [4.78, 5) is 27.1. The Morgan fingerprint density at radius 2 is 1.81 bits per heavy atom. The lowest BCUT2D eigenvalue weighted by Crippen LogP contribution is -2.08. The van der Waals surface area contributed by atoms with Crippen molar-refractivity contribution in [1.29, 1.82) is 0 Å². The van der Waals surface area contributed by atoms with Crippen molar-refractivity contribution in [2.45, 2.75) is 19.8 Å². The molecule has 8 heteroatoms. The number of methoxy groups -OCH3 is 3. The summed E-state index contributed by atoms with van der Waals surface area (Å²) in [6.07, 6.45) is 0.702. The Balaban J connectivity index is 2.39. The lowest BCUT2D eigenvalue weighted by molar-refractivity contribution is -0.105. The van der Waals surface area contributed by atoms with Gasteiger partial charge in [0.1, 0.15) is 23.6 Å². The molecule has 0 saturated heterocycles. The molecule has 0 atom stereocenters. The monoisotopic (exact) mass is 437 g/mol. The van der Waals surface area contributed by atoms with Crippen LogP contribution in [-0.2, 0) is 20.9 Å². The van der Waals surface area contributed by atoms with E-state index in [2.05, 4.69) is 4.99 Å². The number of carboxylic acids is 1. The number of carboxylic acid groups (broad SMARTS) is 1. The summed E-state index contributed by atoms with van der Waals surface area (Å²) < 4.78 is 22.3. The highest BCUT2D eigenvalue weighted by atomic mass is 16.7. The van der Waals surface area contributed by atoms with Gasteiger partial charge in [0.05, 0.1) is 7.11 Å². The van der Waals surface area contributed by atoms with Crippen LogP contribution in [0.25, 0.3) is 10.8 Å². The van der Waals surface area contributed by atoms with Crippen molar-refractivity contribution < 1.29 is 33.6 Å². The Kier molecular flexibility index (Phi) is 7.22. The predicted octanol–water partition coefficient (Wildman–Crippen LogP) is 4.69. The van der Waals surface area contributed by atoms with Crippen LogP contribution < -0.4 is 9.47 Å². The van der Waals surface area contributed by atoms with Gasteiger partial charge in [-0.3, -0.25) is 0 Å². The number of carbonyl (C=O) groups is 1. The molecule has 0 amide bonds. The Morgan fingerprint density at radius 1 is 1.12 bits per heavy atom. The van der Waals surface area contributed by atoms with E-state index in [9.17, 15) is 14.7 Å². The van der Waals surface area contributed by atoms with E-state index in [-0.39, 0.29) is 29.4 Å². The summed E-state index contributed by atoms with van der Waals surface area (Å²) in [5.74, 6) is -0.724. The molecule has 0 bridgehead atoms. The summed E-state index contributed by atoms with van der Waals surface area (Å²) in [6.45, 7) is 1.82. The quantitative estimate of drug-likeness (QED) is 0.294. The number of rotatable bonds is 9. The maximum absolute atomic E-state index is 12.0. The van der Waals surface area contributed by atoms with E-state index in [0.717, 1.165) is 5.56 Å². The number of hydrogen-bond donors (Lipinski definition) is 1. The zero-order valence-corrected chi connectivity index (χ0v) is 18.2. The van der Waals surface area contributed by atoms with Crippen molar-refractivity contribution in [3.05, 3.63) is 64.7 Å². The molecular formula is C24H23NO7. The van der Waals surface area contributed by atoms with E-state index >= 15 is 0 Å². The summed E-state index contributed by atoms with van der Waals surface area (Å²) in [5.41, 5.74) is 1.87. The van der Waals surface area contributed by atoms with Gasteiger partial charge in [-0.05, 0) is 35.6 Å². The molecule has 32 heavy (non-hydrogen) atoms. The highest BCUT2D eigenvalue weighted by Gasteiger charge is 2.26.